The summed E-state index contributed by atoms with van der Waals surface area (Å²) >= 11 is 0. The Morgan fingerprint density at radius 3 is 2.39 bits per heavy atom. The van der Waals surface area contributed by atoms with E-state index in [-0.39, 0.29) is 41.3 Å². The fourth-order valence-corrected chi connectivity index (χ4v) is 5.55. The van der Waals surface area contributed by atoms with E-state index in [0.29, 0.717) is 18.9 Å². The molecule has 234 valence electrons. The van der Waals surface area contributed by atoms with Crippen LogP contribution in [0.2, 0.25) is 0 Å². The summed E-state index contributed by atoms with van der Waals surface area (Å²) in [5, 5.41) is 22.1. The smallest absolute Gasteiger partial charge is 0.410 e. The highest BCUT2D eigenvalue weighted by atomic mass is 19.1. The van der Waals surface area contributed by atoms with Gasteiger partial charge in [0.2, 0.25) is 0 Å². The zero-order valence-electron chi connectivity index (χ0n) is 24.7. The molecule has 0 radical (unpaired) electrons. The van der Waals surface area contributed by atoms with Gasteiger partial charge in [0.25, 0.3) is 5.70 Å². The van der Waals surface area contributed by atoms with Crippen LogP contribution >= 0.6 is 0 Å². The van der Waals surface area contributed by atoms with E-state index in [1.54, 1.807) is 27.7 Å². The predicted molar refractivity (Wildman–Crippen MR) is 154 cm³/mol. The molecule has 11 nitrogen and oxygen atoms in total. The Morgan fingerprint density at radius 2 is 1.82 bits per heavy atom. The Kier molecular flexibility index (Phi) is 9.45. The van der Waals surface area contributed by atoms with E-state index in [1.807, 2.05) is 0 Å². The number of hydrogen-bond acceptors (Lipinski definition) is 8. The normalized spacial score (nSPS) is 20.3. The van der Waals surface area contributed by atoms with Crippen LogP contribution in [0.3, 0.4) is 0 Å². The number of rotatable bonds is 8. The second-order valence-corrected chi connectivity index (χ2v) is 11.5. The van der Waals surface area contributed by atoms with Crippen molar-refractivity contribution in [2.75, 3.05) is 13.2 Å². The first-order chi connectivity index (χ1) is 20.7. The van der Waals surface area contributed by atoms with Crippen molar-refractivity contribution < 1.29 is 42.7 Å². The Hall–Kier alpha value is -4.68. The van der Waals surface area contributed by atoms with Gasteiger partial charge < -0.3 is 14.6 Å². The number of halogens is 2. The van der Waals surface area contributed by atoms with Gasteiger partial charge in [0.1, 0.15) is 28.9 Å². The second kappa shape index (κ2) is 12.9. The van der Waals surface area contributed by atoms with E-state index in [2.05, 4.69) is 4.99 Å². The van der Waals surface area contributed by atoms with Crippen molar-refractivity contribution in [3.8, 4) is 0 Å². The summed E-state index contributed by atoms with van der Waals surface area (Å²) in [5.41, 5.74) is -1.41. The van der Waals surface area contributed by atoms with Gasteiger partial charge in [-0.3, -0.25) is 24.8 Å². The van der Waals surface area contributed by atoms with Crippen LogP contribution in [-0.2, 0) is 20.7 Å². The summed E-state index contributed by atoms with van der Waals surface area (Å²) in [7, 11) is 0. The Balaban J connectivity index is 1.96. The van der Waals surface area contributed by atoms with Crippen LogP contribution in [0.4, 0.5) is 13.6 Å². The van der Waals surface area contributed by atoms with Crippen molar-refractivity contribution >= 4 is 23.7 Å². The number of nitrogens with zero attached hydrogens (tertiary/aromatic N) is 3. The summed E-state index contributed by atoms with van der Waals surface area (Å²) in [6.45, 7) is 6.89. The van der Waals surface area contributed by atoms with Crippen molar-refractivity contribution in [3.05, 3.63) is 92.3 Å². The van der Waals surface area contributed by atoms with E-state index >= 15 is 0 Å². The molecule has 0 aliphatic carbocycles. The van der Waals surface area contributed by atoms with Gasteiger partial charge in [0.15, 0.2) is 0 Å². The molecule has 0 bridgehead atoms. The minimum atomic E-state index is -1.39. The molecule has 2 aromatic carbocycles. The van der Waals surface area contributed by atoms with Crippen molar-refractivity contribution in [1.82, 2.24) is 4.90 Å². The van der Waals surface area contributed by atoms with Gasteiger partial charge in [-0.15, -0.1) is 0 Å². The molecule has 44 heavy (non-hydrogen) atoms. The van der Waals surface area contributed by atoms with Gasteiger partial charge in [-0.2, -0.15) is 0 Å². The zero-order valence-corrected chi connectivity index (χ0v) is 24.7. The number of nitro groups is 1. The van der Waals surface area contributed by atoms with Crippen molar-refractivity contribution in [1.29, 1.82) is 0 Å². The fraction of sp³-hybridized carbons (Fsp3) is 0.419. The van der Waals surface area contributed by atoms with E-state index in [1.165, 1.54) is 29.2 Å². The molecule has 2 aliphatic rings. The molecule has 1 fully saturated rings. The fourth-order valence-electron chi connectivity index (χ4n) is 5.55. The van der Waals surface area contributed by atoms with Crippen LogP contribution in [0.15, 0.2) is 58.9 Å². The molecule has 0 aromatic heterocycles. The largest absolute Gasteiger partial charge is 0.478 e. The van der Waals surface area contributed by atoms with Crippen LogP contribution in [0.1, 0.15) is 67.9 Å². The average Bonchev–Trinajstić information content (AvgIpc) is 3.43. The number of hydrogen-bond donors (Lipinski definition) is 1. The van der Waals surface area contributed by atoms with Gasteiger partial charge in [0, 0.05) is 19.0 Å². The number of allylic oxidation sites excluding steroid dienone is 2. The van der Waals surface area contributed by atoms with Crippen molar-refractivity contribution in [2.45, 2.75) is 64.5 Å². The lowest BCUT2D eigenvalue weighted by molar-refractivity contribution is -0.432. The maximum atomic E-state index is 14.8. The number of likely N-dealkylation sites (tertiary alicyclic amines) is 1. The standard InChI is InChI=1S/C31H33F2N3O8/c1-5-43-29(39)25-24(17-8-10-18(11-9-17)28(37)38)27(36(41)42)22(15-19-12-13-20(32)16-21(19)33)34-26(25)23-7-6-14-35(23)30(40)44-31(2,3)4/h8-13,16,23-25H,5-7,14-15H2,1-4H3,(H,37,38)/t23-,24?,25?/m0/s1. The molecular formula is C31H33F2N3O8. The van der Waals surface area contributed by atoms with Crippen LogP contribution < -0.4 is 0 Å². The van der Waals surface area contributed by atoms with E-state index in [4.69, 9.17) is 9.47 Å². The first-order valence-electron chi connectivity index (χ1n) is 14.1. The number of amides is 1. The maximum absolute atomic E-state index is 14.8. The van der Waals surface area contributed by atoms with E-state index in [9.17, 15) is 38.4 Å². The minimum absolute atomic E-state index is 0.0567. The molecule has 13 heteroatoms. The third-order valence-corrected chi connectivity index (χ3v) is 7.36. The molecule has 3 atom stereocenters. The lowest BCUT2D eigenvalue weighted by atomic mass is 9.75. The van der Waals surface area contributed by atoms with Crippen molar-refractivity contribution in [3.63, 3.8) is 0 Å². The third-order valence-electron chi connectivity index (χ3n) is 7.36. The van der Waals surface area contributed by atoms with Gasteiger partial charge >= 0.3 is 18.0 Å². The summed E-state index contributed by atoms with van der Waals surface area (Å²) in [6, 6.07) is 7.24. The lowest BCUT2D eigenvalue weighted by Gasteiger charge is -2.35. The topological polar surface area (TPSA) is 149 Å². The summed E-state index contributed by atoms with van der Waals surface area (Å²) < 4.78 is 39.5. The van der Waals surface area contributed by atoms with Gasteiger partial charge in [-0.25, -0.2) is 18.4 Å². The highest BCUT2D eigenvalue weighted by Crippen LogP contribution is 2.43. The van der Waals surface area contributed by atoms with Gasteiger partial charge in [-0.1, -0.05) is 18.2 Å². The number of carboxylic acids is 1. The van der Waals surface area contributed by atoms with E-state index < -0.39 is 70.2 Å². The number of aromatic carboxylic acids is 1. The third kappa shape index (κ3) is 6.92. The van der Waals surface area contributed by atoms with Crippen LogP contribution in [-0.4, -0.2) is 63.5 Å². The molecule has 2 unspecified atom stereocenters. The Bertz CT molecular complexity index is 1530. The molecular weight excluding hydrogens is 580 g/mol. The molecule has 2 aromatic rings. The molecule has 0 saturated carbocycles. The SMILES string of the molecule is CCOC(=O)C1C([C@@H]2CCCN2C(=O)OC(C)(C)C)=NC(Cc2ccc(F)cc2F)=C([N+](=O)[O-])C1c1ccc(C(=O)O)cc1. The average molecular weight is 614 g/mol. The van der Waals surface area contributed by atoms with Crippen molar-refractivity contribution in [2.24, 2.45) is 10.9 Å². The number of benzene rings is 2. The molecule has 2 heterocycles. The number of aliphatic imine (C=N–C) groups is 1. The quantitative estimate of drug-likeness (QED) is 0.233. The summed E-state index contributed by atoms with van der Waals surface area (Å²) in [5.74, 6) is -6.56. The number of carbonyl (C=O) groups excluding carboxylic acids is 2. The predicted octanol–water partition coefficient (Wildman–Crippen LogP) is 5.51. The first-order valence-corrected chi connectivity index (χ1v) is 14.1. The number of esters is 1. The lowest BCUT2D eigenvalue weighted by Crippen LogP contribution is -2.49. The highest BCUT2D eigenvalue weighted by molar-refractivity contribution is 6.08. The van der Waals surface area contributed by atoms with Gasteiger partial charge in [0.05, 0.1) is 34.8 Å². The summed E-state index contributed by atoms with van der Waals surface area (Å²) in [6.07, 6.45) is -0.220. The molecule has 1 saturated heterocycles. The Labute approximate surface area is 252 Å². The van der Waals surface area contributed by atoms with Crippen LogP contribution in [0.5, 0.6) is 0 Å². The highest BCUT2D eigenvalue weighted by Gasteiger charge is 2.51. The number of ether oxygens (including phenoxy) is 2. The number of carbonyl (C=O) groups is 3. The number of carboxylic acid groups (broad SMARTS) is 1. The van der Waals surface area contributed by atoms with Crippen LogP contribution in [0.25, 0.3) is 0 Å². The zero-order chi connectivity index (χ0) is 32.3. The maximum Gasteiger partial charge on any atom is 0.410 e. The molecule has 4 rings (SSSR count). The minimum Gasteiger partial charge on any atom is -0.478 e. The molecule has 1 N–H and O–H groups in total. The monoisotopic (exact) mass is 613 g/mol. The first kappa shape index (κ1) is 32.2. The van der Waals surface area contributed by atoms with Crippen LogP contribution in [0, 0.1) is 27.7 Å². The Morgan fingerprint density at radius 1 is 1.14 bits per heavy atom. The molecule has 0 spiro atoms. The molecule has 1 amide bonds. The second-order valence-electron chi connectivity index (χ2n) is 11.5. The van der Waals surface area contributed by atoms with Gasteiger partial charge in [-0.05, 0) is 69.9 Å². The molecule has 2 aliphatic heterocycles. The van der Waals surface area contributed by atoms with E-state index in [0.717, 1.165) is 12.1 Å². The summed E-state index contributed by atoms with van der Waals surface area (Å²) in [4.78, 5) is 56.5.